The number of benzene rings is 2. The second kappa shape index (κ2) is 10.8. The number of esters is 1. The van der Waals surface area contributed by atoms with Gasteiger partial charge < -0.3 is 9.47 Å². The Morgan fingerprint density at radius 3 is 2.50 bits per heavy atom. The average molecular weight is 542 g/mol. The molecule has 2 aromatic carbocycles. The van der Waals surface area contributed by atoms with Crippen LogP contribution in [0.4, 0.5) is 0 Å². The second-order valence-electron chi connectivity index (χ2n) is 12.1. The molecule has 0 spiro atoms. The molecule has 0 amide bonds. The number of hydrogen-bond donors (Lipinski definition) is 1. The lowest BCUT2D eigenvalue weighted by molar-refractivity contribution is -0.146. The van der Waals surface area contributed by atoms with E-state index in [4.69, 9.17) is 14.5 Å². The maximum atomic E-state index is 14.2. The molecule has 1 N–H and O–H groups in total. The number of allylic oxidation sites excluding steroid dienone is 2. The zero-order valence-corrected chi connectivity index (χ0v) is 24.6. The maximum Gasteiger partial charge on any atom is 0.315 e. The van der Waals surface area contributed by atoms with Crippen LogP contribution in [-0.2, 0) is 19.1 Å². The highest BCUT2D eigenvalue weighted by atomic mass is 16.5. The van der Waals surface area contributed by atoms with Gasteiger partial charge in [0.1, 0.15) is 5.92 Å². The smallest absolute Gasteiger partial charge is 0.315 e. The van der Waals surface area contributed by atoms with E-state index in [-0.39, 0.29) is 24.9 Å². The van der Waals surface area contributed by atoms with Crippen LogP contribution >= 0.6 is 0 Å². The van der Waals surface area contributed by atoms with E-state index in [1.165, 1.54) is 22.3 Å². The van der Waals surface area contributed by atoms with Crippen LogP contribution in [-0.4, -0.2) is 46.5 Å². The van der Waals surface area contributed by atoms with E-state index >= 15 is 0 Å². The number of aromatic amines is 1. The van der Waals surface area contributed by atoms with E-state index < -0.39 is 23.4 Å². The van der Waals surface area contributed by atoms with Gasteiger partial charge >= 0.3 is 5.97 Å². The summed E-state index contributed by atoms with van der Waals surface area (Å²) < 4.78 is 11.8. The van der Waals surface area contributed by atoms with Crippen LogP contribution in [0.2, 0.25) is 0 Å². The fourth-order valence-electron chi connectivity index (χ4n) is 6.52. The van der Waals surface area contributed by atoms with Crippen molar-refractivity contribution in [2.75, 3.05) is 13.2 Å². The Hall–Kier alpha value is -3.58. The molecular weight excluding hydrogens is 502 g/mol. The molecular formula is C33H39N3O4. The molecule has 2 aliphatic rings. The average Bonchev–Trinajstić information content (AvgIpc) is 3.35. The van der Waals surface area contributed by atoms with Crippen LogP contribution in [0.25, 0.3) is 10.9 Å². The van der Waals surface area contributed by atoms with E-state index in [2.05, 4.69) is 43.1 Å². The molecule has 40 heavy (non-hydrogen) atoms. The summed E-state index contributed by atoms with van der Waals surface area (Å²) in [4.78, 5) is 32.9. The molecule has 7 heteroatoms. The lowest BCUT2D eigenvalue weighted by Crippen LogP contribution is -2.42. The van der Waals surface area contributed by atoms with E-state index in [9.17, 15) is 9.59 Å². The minimum absolute atomic E-state index is 0.0184. The number of rotatable bonds is 6. The molecule has 0 saturated carbocycles. The fraction of sp³-hybridized carbons (Fsp3) is 0.455. The topological polar surface area (TPSA) is 93.6 Å². The first-order valence-corrected chi connectivity index (χ1v) is 14.1. The molecule has 3 aromatic rings. The van der Waals surface area contributed by atoms with Crippen molar-refractivity contribution in [3.63, 3.8) is 0 Å². The number of H-pyrrole nitrogens is 1. The summed E-state index contributed by atoms with van der Waals surface area (Å²) in [7, 11) is 0. The largest absolute Gasteiger partial charge is 0.465 e. The van der Waals surface area contributed by atoms with Crippen molar-refractivity contribution in [2.45, 2.75) is 78.7 Å². The maximum absolute atomic E-state index is 14.2. The lowest BCUT2D eigenvalue weighted by Gasteiger charge is -2.38. The minimum Gasteiger partial charge on any atom is -0.465 e. The first-order valence-electron chi connectivity index (χ1n) is 14.1. The summed E-state index contributed by atoms with van der Waals surface area (Å²) in [5, 5.41) is 8.17. The number of aromatic nitrogens is 2. The Balaban J connectivity index is 1.70. The quantitative estimate of drug-likeness (QED) is 0.364. The van der Waals surface area contributed by atoms with E-state index in [1.54, 1.807) is 13.1 Å². The standard InChI is InChI=1S/C33H39N3O4/c1-8-39-32(38)31-26(17-40-33(5,6)7)35-25-14-21(28-19(3)12-18(2)13-20(28)4)15-27(37)30(25)29(31)22-10-9-11-24-23(22)16-34-36-24/h9-13,16,21,29,31H,8,14-15,17H2,1-7H3,(H,34,36). The number of ether oxygens (including phenoxy) is 2. The molecule has 0 saturated heterocycles. The molecule has 210 valence electrons. The van der Waals surface area contributed by atoms with E-state index in [1.807, 2.05) is 39.0 Å². The van der Waals surface area contributed by atoms with Crippen LogP contribution < -0.4 is 0 Å². The molecule has 1 aliphatic carbocycles. The Kier molecular flexibility index (Phi) is 7.53. The van der Waals surface area contributed by atoms with Gasteiger partial charge in [-0.2, -0.15) is 5.10 Å². The third kappa shape index (κ3) is 5.27. The van der Waals surface area contributed by atoms with Crippen molar-refractivity contribution < 1.29 is 19.1 Å². The second-order valence-corrected chi connectivity index (χ2v) is 12.1. The van der Waals surface area contributed by atoms with Gasteiger partial charge in [0, 0.05) is 29.0 Å². The number of nitrogens with zero attached hydrogens (tertiary/aromatic N) is 2. The number of Topliss-reactive ketones (excluding diaryl/α,β-unsaturated/α-hetero) is 1. The number of nitrogens with one attached hydrogen (secondary N) is 1. The van der Waals surface area contributed by atoms with Gasteiger partial charge in [0.2, 0.25) is 0 Å². The number of aliphatic imine (C=N–C) groups is 1. The highest BCUT2D eigenvalue weighted by Crippen LogP contribution is 2.49. The van der Waals surface area contributed by atoms with Gasteiger partial charge in [0.05, 0.1) is 36.2 Å². The normalized spacial score (nSPS) is 21.4. The zero-order chi connectivity index (χ0) is 28.8. The summed E-state index contributed by atoms with van der Waals surface area (Å²) in [6.07, 6.45) is 2.76. The molecule has 5 rings (SSSR count). The summed E-state index contributed by atoms with van der Waals surface area (Å²) in [5.74, 6) is -1.66. The van der Waals surface area contributed by atoms with Gasteiger partial charge in [-0.1, -0.05) is 29.8 Å². The first kappa shape index (κ1) is 28.0. The summed E-state index contributed by atoms with van der Waals surface area (Å²) >= 11 is 0. The first-order chi connectivity index (χ1) is 19.0. The number of fused-ring (bicyclic) bond motifs is 1. The molecule has 2 heterocycles. The molecule has 0 bridgehead atoms. The number of ketones is 1. The van der Waals surface area contributed by atoms with Crippen molar-refractivity contribution >= 4 is 28.4 Å². The van der Waals surface area contributed by atoms with Gasteiger partial charge in [-0.05, 0) is 89.1 Å². The highest BCUT2D eigenvalue weighted by molar-refractivity contribution is 6.11. The molecule has 7 nitrogen and oxygen atoms in total. The third-order valence-electron chi connectivity index (χ3n) is 7.96. The fourth-order valence-corrected chi connectivity index (χ4v) is 6.52. The van der Waals surface area contributed by atoms with Crippen molar-refractivity contribution in [1.29, 1.82) is 0 Å². The Labute approximate surface area is 236 Å². The van der Waals surface area contributed by atoms with Crippen molar-refractivity contribution in [3.05, 3.63) is 75.6 Å². The molecule has 3 unspecified atom stereocenters. The molecule has 0 radical (unpaired) electrons. The van der Waals surface area contributed by atoms with E-state index in [0.717, 1.165) is 22.2 Å². The van der Waals surface area contributed by atoms with Crippen molar-refractivity contribution in [3.8, 4) is 0 Å². The van der Waals surface area contributed by atoms with Crippen LogP contribution in [0, 0.1) is 26.7 Å². The Bertz CT molecular complexity index is 1520. The third-order valence-corrected chi connectivity index (χ3v) is 7.96. The van der Waals surface area contributed by atoms with Crippen LogP contribution in [0.1, 0.15) is 80.2 Å². The van der Waals surface area contributed by atoms with Gasteiger partial charge in [-0.15, -0.1) is 0 Å². The van der Waals surface area contributed by atoms with Gasteiger partial charge in [0.25, 0.3) is 0 Å². The van der Waals surface area contributed by atoms with Gasteiger partial charge in [-0.25, -0.2) is 0 Å². The predicted octanol–water partition coefficient (Wildman–Crippen LogP) is 6.42. The van der Waals surface area contributed by atoms with Gasteiger partial charge in [0.15, 0.2) is 5.78 Å². The zero-order valence-electron chi connectivity index (χ0n) is 24.6. The predicted molar refractivity (Wildman–Crippen MR) is 157 cm³/mol. The number of hydrogen-bond acceptors (Lipinski definition) is 6. The van der Waals surface area contributed by atoms with Crippen molar-refractivity contribution in [2.24, 2.45) is 10.9 Å². The monoisotopic (exact) mass is 541 g/mol. The van der Waals surface area contributed by atoms with Crippen molar-refractivity contribution in [1.82, 2.24) is 10.2 Å². The summed E-state index contributed by atoms with van der Waals surface area (Å²) in [6.45, 7) is 14.5. The van der Waals surface area contributed by atoms with Crippen LogP contribution in [0.15, 0.2) is 52.8 Å². The minimum atomic E-state index is -0.773. The molecule has 1 aliphatic heterocycles. The van der Waals surface area contributed by atoms with Crippen LogP contribution in [0.5, 0.6) is 0 Å². The Morgan fingerprint density at radius 1 is 1.10 bits per heavy atom. The number of aryl methyl sites for hydroxylation is 3. The lowest BCUT2D eigenvalue weighted by atomic mass is 9.68. The molecule has 1 aromatic heterocycles. The molecule has 0 fully saturated rings. The molecule has 3 atom stereocenters. The SMILES string of the molecule is CCOC(=O)C1C(COC(C)(C)C)=NC2=C(C(=O)CC(c3c(C)cc(C)cc3C)C2)C1c1cccc2[nH]ncc12. The van der Waals surface area contributed by atoms with Crippen LogP contribution in [0.3, 0.4) is 0 Å². The Morgan fingerprint density at radius 2 is 1.82 bits per heavy atom. The van der Waals surface area contributed by atoms with Gasteiger partial charge in [-0.3, -0.25) is 19.7 Å². The highest BCUT2D eigenvalue weighted by Gasteiger charge is 2.47. The summed E-state index contributed by atoms with van der Waals surface area (Å²) in [6, 6.07) is 10.2. The summed E-state index contributed by atoms with van der Waals surface area (Å²) in [5.41, 5.74) is 8.07. The number of carbonyl (C=O) groups excluding carboxylic acids is 2. The van der Waals surface area contributed by atoms with E-state index in [0.29, 0.717) is 24.1 Å². The number of carbonyl (C=O) groups is 2.